The van der Waals surface area contributed by atoms with Crippen LogP contribution in [0.3, 0.4) is 0 Å². The van der Waals surface area contributed by atoms with Gasteiger partial charge in [-0.2, -0.15) is 0 Å². The quantitative estimate of drug-likeness (QED) is 0.343. The summed E-state index contributed by atoms with van der Waals surface area (Å²) < 4.78 is 4.56. The molecule has 0 saturated heterocycles. The van der Waals surface area contributed by atoms with Gasteiger partial charge in [-0.15, -0.1) is 0 Å². The number of nitrogens with two attached hydrogens (primary N) is 1. The van der Waals surface area contributed by atoms with Crippen LogP contribution in [0.2, 0.25) is 0 Å². The van der Waals surface area contributed by atoms with Crippen molar-refractivity contribution < 1.29 is 19.2 Å². The van der Waals surface area contributed by atoms with Gasteiger partial charge in [0.25, 0.3) is 5.91 Å². The van der Waals surface area contributed by atoms with Crippen LogP contribution in [0, 0.1) is 11.8 Å². The highest BCUT2D eigenvalue weighted by molar-refractivity contribution is 5.94. The molecule has 0 aliphatic heterocycles. The SMILES string of the molecule is COC(=O)CCCC#Cc1cccc(C(=O)NC(C)CON)c1. The molecule has 1 amide bonds. The van der Waals surface area contributed by atoms with Crippen molar-refractivity contribution in [3.05, 3.63) is 35.4 Å². The summed E-state index contributed by atoms with van der Waals surface area (Å²) in [6.45, 7) is 2.04. The van der Waals surface area contributed by atoms with Crippen LogP contribution in [0.15, 0.2) is 24.3 Å². The van der Waals surface area contributed by atoms with Crippen LogP contribution in [0.25, 0.3) is 0 Å². The number of amides is 1. The normalized spacial score (nSPS) is 11.1. The van der Waals surface area contributed by atoms with E-state index in [2.05, 4.69) is 26.7 Å². The Balaban J connectivity index is 2.56. The molecule has 1 atom stereocenters. The molecule has 23 heavy (non-hydrogen) atoms. The summed E-state index contributed by atoms with van der Waals surface area (Å²) in [5, 5.41) is 2.78. The fourth-order valence-corrected chi connectivity index (χ4v) is 1.82. The monoisotopic (exact) mass is 318 g/mol. The zero-order valence-corrected chi connectivity index (χ0v) is 13.4. The Labute approximate surface area is 136 Å². The van der Waals surface area contributed by atoms with E-state index in [1.807, 2.05) is 6.07 Å². The van der Waals surface area contributed by atoms with Crippen LogP contribution < -0.4 is 11.2 Å². The molecule has 1 aromatic rings. The lowest BCUT2D eigenvalue weighted by atomic mass is 10.1. The molecule has 0 fully saturated rings. The molecule has 6 heteroatoms. The number of hydrogen-bond donors (Lipinski definition) is 2. The maximum Gasteiger partial charge on any atom is 0.305 e. The van der Waals surface area contributed by atoms with Crippen molar-refractivity contribution in [1.29, 1.82) is 0 Å². The van der Waals surface area contributed by atoms with Gasteiger partial charge in [0.2, 0.25) is 0 Å². The van der Waals surface area contributed by atoms with Crippen molar-refractivity contribution in [2.75, 3.05) is 13.7 Å². The van der Waals surface area contributed by atoms with Crippen molar-refractivity contribution >= 4 is 11.9 Å². The Morgan fingerprint density at radius 1 is 1.39 bits per heavy atom. The first-order chi connectivity index (χ1) is 11.1. The minimum Gasteiger partial charge on any atom is -0.469 e. The van der Waals surface area contributed by atoms with Crippen LogP contribution >= 0.6 is 0 Å². The molecule has 3 N–H and O–H groups in total. The molecule has 0 radical (unpaired) electrons. The molecule has 0 spiro atoms. The van der Waals surface area contributed by atoms with Gasteiger partial charge in [0.05, 0.1) is 19.8 Å². The van der Waals surface area contributed by atoms with Gasteiger partial charge in [0.1, 0.15) is 0 Å². The minimum atomic E-state index is -0.235. The van der Waals surface area contributed by atoms with Gasteiger partial charge in [0.15, 0.2) is 0 Å². The average Bonchev–Trinajstić information content (AvgIpc) is 2.54. The molecule has 1 unspecified atom stereocenters. The highest BCUT2D eigenvalue weighted by Gasteiger charge is 2.09. The zero-order chi connectivity index (χ0) is 17.1. The Kier molecular flexibility index (Phi) is 8.43. The molecular formula is C17H22N2O4. The number of unbranched alkanes of at least 4 members (excludes halogenated alkanes) is 1. The number of ether oxygens (including phenoxy) is 1. The summed E-state index contributed by atoms with van der Waals surface area (Å²) in [5.41, 5.74) is 1.27. The number of benzene rings is 1. The van der Waals surface area contributed by atoms with E-state index in [0.29, 0.717) is 24.8 Å². The van der Waals surface area contributed by atoms with Gasteiger partial charge in [-0.05, 0) is 31.5 Å². The fraction of sp³-hybridized carbons (Fsp3) is 0.412. The highest BCUT2D eigenvalue weighted by atomic mass is 16.6. The second-order valence-corrected chi connectivity index (χ2v) is 5.02. The molecule has 1 rings (SSSR count). The van der Waals surface area contributed by atoms with Crippen LogP contribution in [-0.4, -0.2) is 31.6 Å². The predicted molar refractivity (Wildman–Crippen MR) is 86.3 cm³/mol. The van der Waals surface area contributed by atoms with Crippen LogP contribution in [0.4, 0.5) is 0 Å². The molecule has 124 valence electrons. The lowest BCUT2D eigenvalue weighted by Gasteiger charge is -2.12. The lowest BCUT2D eigenvalue weighted by Crippen LogP contribution is -2.36. The second kappa shape index (κ2) is 10.4. The third kappa shape index (κ3) is 7.45. The lowest BCUT2D eigenvalue weighted by molar-refractivity contribution is -0.140. The molecule has 0 saturated carbocycles. The van der Waals surface area contributed by atoms with E-state index in [-0.39, 0.29) is 24.5 Å². The van der Waals surface area contributed by atoms with Crippen molar-refractivity contribution in [2.45, 2.75) is 32.2 Å². The van der Waals surface area contributed by atoms with E-state index < -0.39 is 0 Å². The molecule has 0 bridgehead atoms. The first-order valence-electron chi connectivity index (χ1n) is 7.35. The van der Waals surface area contributed by atoms with Gasteiger partial charge < -0.3 is 14.9 Å². The largest absolute Gasteiger partial charge is 0.469 e. The van der Waals surface area contributed by atoms with E-state index in [1.54, 1.807) is 25.1 Å². The summed E-state index contributed by atoms with van der Waals surface area (Å²) in [4.78, 5) is 27.5. The van der Waals surface area contributed by atoms with Gasteiger partial charge in [0, 0.05) is 24.0 Å². The van der Waals surface area contributed by atoms with E-state index in [0.717, 1.165) is 5.56 Å². The Bertz CT molecular complexity index is 590. The molecule has 1 aromatic carbocycles. The maximum absolute atomic E-state index is 12.1. The van der Waals surface area contributed by atoms with E-state index >= 15 is 0 Å². The topological polar surface area (TPSA) is 90.7 Å². The minimum absolute atomic E-state index is 0.180. The summed E-state index contributed by atoms with van der Waals surface area (Å²) in [6, 6.07) is 6.86. The summed E-state index contributed by atoms with van der Waals surface area (Å²) in [7, 11) is 1.37. The van der Waals surface area contributed by atoms with Gasteiger partial charge in [-0.25, -0.2) is 5.90 Å². The van der Waals surface area contributed by atoms with Crippen molar-refractivity contribution in [2.24, 2.45) is 5.90 Å². The maximum atomic E-state index is 12.1. The number of carbonyl (C=O) groups excluding carboxylic acids is 2. The van der Waals surface area contributed by atoms with E-state index in [9.17, 15) is 9.59 Å². The number of rotatable bonds is 7. The van der Waals surface area contributed by atoms with Crippen molar-refractivity contribution in [3.8, 4) is 11.8 Å². The number of hydrogen-bond acceptors (Lipinski definition) is 5. The number of carbonyl (C=O) groups is 2. The number of esters is 1. The van der Waals surface area contributed by atoms with E-state index in [4.69, 9.17) is 5.90 Å². The van der Waals surface area contributed by atoms with Gasteiger partial charge >= 0.3 is 5.97 Å². The van der Waals surface area contributed by atoms with Crippen LogP contribution in [0.5, 0.6) is 0 Å². The molecular weight excluding hydrogens is 296 g/mol. The van der Waals surface area contributed by atoms with E-state index in [1.165, 1.54) is 7.11 Å². The predicted octanol–water partition coefficient (Wildman–Crippen LogP) is 1.39. The van der Waals surface area contributed by atoms with Gasteiger partial charge in [-0.1, -0.05) is 17.9 Å². The first-order valence-corrected chi connectivity index (χ1v) is 7.35. The van der Waals surface area contributed by atoms with Gasteiger partial charge in [-0.3, -0.25) is 9.59 Å². The van der Waals surface area contributed by atoms with Crippen molar-refractivity contribution in [1.82, 2.24) is 5.32 Å². The summed E-state index contributed by atoms with van der Waals surface area (Å²) in [5.74, 6) is 10.5. The smallest absolute Gasteiger partial charge is 0.305 e. The van der Waals surface area contributed by atoms with Crippen molar-refractivity contribution in [3.63, 3.8) is 0 Å². The molecule has 0 aromatic heterocycles. The summed E-state index contributed by atoms with van der Waals surface area (Å²) in [6.07, 6.45) is 1.60. The summed E-state index contributed by atoms with van der Waals surface area (Å²) >= 11 is 0. The van der Waals surface area contributed by atoms with Crippen LogP contribution in [-0.2, 0) is 14.4 Å². The third-order valence-electron chi connectivity index (χ3n) is 2.99. The fourth-order valence-electron chi connectivity index (χ4n) is 1.82. The Hall–Kier alpha value is -2.36. The molecule has 6 nitrogen and oxygen atoms in total. The second-order valence-electron chi connectivity index (χ2n) is 5.02. The highest BCUT2D eigenvalue weighted by Crippen LogP contribution is 2.05. The average molecular weight is 318 g/mol. The standard InChI is InChI=1S/C17H22N2O4/c1-13(12-23-18)19-17(21)15-9-6-8-14(11-15)7-4-3-5-10-16(20)22-2/h6,8-9,11,13H,3,5,10,12,18H2,1-2H3,(H,19,21). The number of nitrogens with one attached hydrogen (secondary N) is 1. The third-order valence-corrected chi connectivity index (χ3v) is 2.99. The molecule has 0 heterocycles. The molecule has 0 aliphatic carbocycles. The Morgan fingerprint density at radius 2 is 2.17 bits per heavy atom. The van der Waals surface area contributed by atoms with Crippen LogP contribution in [0.1, 0.15) is 42.1 Å². The number of methoxy groups -OCH3 is 1. The first kappa shape index (κ1) is 18.7. The molecule has 0 aliphatic rings. The zero-order valence-electron chi connectivity index (χ0n) is 13.4. The Morgan fingerprint density at radius 3 is 2.87 bits per heavy atom.